The van der Waals surface area contributed by atoms with Crippen LogP contribution in [-0.4, -0.2) is 23.1 Å². The molecule has 1 aliphatic rings. The molecule has 0 spiro atoms. The van der Waals surface area contributed by atoms with Gasteiger partial charge in [0.2, 0.25) is 0 Å². The van der Waals surface area contributed by atoms with Gasteiger partial charge in [-0.2, -0.15) is 0 Å². The van der Waals surface area contributed by atoms with Crippen LogP contribution in [0.4, 0.5) is 8.78 Å². The van der Waals surface area contributed by atoms with Crippen molar-refractivity contribution in [2.75, 3.05) is 0 Å². The third-order valence-corrected chi connectivity index (χ3v) is 4.17. The van der Waals surface area contributed by atoms with Gasteiger partial charge in [-0.25, -0.2) is 14.3 Å². The molecule has 5 nitrogen and oxygen atoms in total. The van der Waals surface area contributed by atoms with Crippen LogP contribution >= 0.6 is 0 Å². The third-order valence-electron chi connectivity index (χ3n) is 4.17. The molecule has 28 heavy (non-hydrogen) atoms. The molecule has 0 atom stereocenters. The summed E-state index contributed by atoms with van der Waals surface area (Å²) in [6, 6.07) is 10.3. The summed E-state index contributed by atoms with van der Waals surface area (Å²) in [4.78, 5) is 23.6. The van der Waals surface area contributed by atoms with Gasteiger partial charge >= 0.3 is 0 Å². The van der Waals surface area contributed by atoms with Gasteiger partial charge in [0, 0.05) is 17.7 Å². The van der Waals surface area contributed by atoms with E-state index in [0.29, 0.717) is 11.1 Å². The first-order valence-corrected chi connectivity index (χ1v) is 8.66. The summed E-state index contributed by atoms with van der Waals surface area (Å²) in [7, 11) is 0. The first-order valence-electron chi connectivity index (χ1n) is 8.66. The molecule has 0 heterocycles. The Balaban J connectivity index is 1.89. The molecule has 3 rings (SSSR count). The Bertz CT molecular complexity index is 949. The van der Waals surface area contributed by atoms with Crippen LogP contribution in [0.25, 0.3) is 17.7 Å². The highest BCUT2D eigenvalue weighted by atomic mass is 19.2. The van der Waals surface area contributed by atoms with Gasteiger partial charge in [0.25, 0.3) is 11.8 Å². The minimum atomic E-state index is -1.02. The maximum atomic E-state index is 13.7. The monoisotopic (exact) mass is 384 g/mol. The number of carbonyl (C=O) groups excluding carboxylic acids is 2. The van der Waals surface area contributed by atoms with Crippen LogP contribution < -0.4 is 10.8 Å². The lowest BCUT2D eigenvalue weighted by molar-refractivity contribution is -0.124. The van der Waals surface area contributed by atoms with Crippen molar-refractivity contribution in [2.45, 2.75) is 18.9 Å². The normalized spacial score (nSPS) is 14.2. The quantitative estimate of drug-likeness (QED) is 0.310. The Morgan fingerprint density at radius 2 is 1.68 bits per heavy atom. The predicted octanol–water partition coefficient (Wildman–Crippen LogP) is 3.30. The molecule has 3 N–H and O–H groups in total. The number of amides is 2. The molecule has 1 aliphatic carbocycles. The van der Waals surface area contributed by atoms with Gasteiger partial charge in [0.1, 0.15) is 0 Å². The van der Waals surface area contributed by atoms with E-state index in [2.05, 4.69) is 5.32 Å². The van der Waals surface area contributed by atoms with Crippen molar-refractivity contribution in [3.05, 3.63) is 76.9 Å². The van der Waals surface area contributed by atoms with Crippen molar-refractivity contribution in [2.24, 2.45) is 0 Å². The highest BCUT2D eigenvalue weighted by Crippen LogP contribution is 2.24. The molecule has 7 heteroatoms. The summed E-state index contributed by atoms with van der Waals surface area (Å²) in [5.74, 6) is -3.00. The number of benzene rings is 2. The number of hydroxylamine groups is 1. The third kappa shape index (κ3) is 5.11. The molecular formula is C21H18F2N2O3. The average Bonchev–Trinajstić information content (AvgIpc) is 3.51. The van der Waals surface area contributed by atoms with Crippen LogP contribution in [0.5, 0.6) is 0 Å². The van der Waals surface area contributed by atoms with Crippen molar-refractivity contribution >= 4 is 29.5 Å². The Morgan fingerprint density at radius 1 is 1.00 bits per heavy atom. The Morgan fingerprint density at radius 3 is 2.29 bits per heavy atom. The fourth-order valence-electron chi connectivity index (χ4n) is 2.51. The largest absolute Gasteiger partial charge is 0.349 e. The number of hydrogen-bond donors (Lipinski definition) is 3. The Hall–Kier alpha value is -3.32. The van der Waals surface area contributed by atoms with Crippen molar-refractivity contribution < 1.29 is 23.6 Å². The molecule has 2 aromatic carbocycles. The topological polar surface area (TPSA) is 78.4 Å². The average molecular weight is 384 g/mol. The first kappa shape index (κ1) is 19.4. The molecular weight excluding hydrogens is 366 g/mol. The molecule has 1 saturated carbocycles. The van der Waals surface area contributed by atoms with Gasteiger partial charge in [-0.1, -0.05) is 30.3 Å². The minimum absolute atomic E-state index is 0.117. The second-order valence-corrected chi connectivity index (χ2v) is 6.41. The molecule has 0 radical (unpaired) electrons. The van der Waals surface area contributed by atoms with Crippen LogP contribution in [0.1, 0.15) is 29.5 Å². The van der Waals surface area contributed by atoms with Crippen LogP contribution in [-0.2, 0) is 9.59 Å². The van der Waals surface area contributed by atoms with Crippen LogP contribution in [0.2, 0.25) is 0 Å². The lowest BCUT2D eigenvalue weighted by Crippen LogP contribution is -2.26. The molecule has 0 unspecified atom stereocenters. The molecule has 0 aromatic heterocycles. The van der Waals surface area contributed by atoms with Crippen LogP contribution in [0, 0.1) is 11.6 Å². The number of hydrogen-bond acceptors (Lipinski definition) is 3. The van der Waals surface area contributed by atoms with Crippen molar-refractivity contribution in [1.82, 2.24) is 10.8 Å². The molecule has 0 aliphatic heterocycles. The van der Waals surface area contributed by atoms with E-state index in [1.54, 1.807) is 30.3 Å². The maximum absolute atomic E-state index is 13.7. The smallest absolute Gasteiger partial charge is 0.267 e. The Kier molecular flexibility index (Phi) is 5.96. The molecule has 2 aromatic rings. The van der Waals surface area contributed by atoms with Crippen molar-refractivity contribution in [3.63, 3.8) is 0 Å². The van der Waals surface area contributed by atoms with Gasteiger partial charge in [-0.15, -0.1) is 0 Å². The van der Waals surface area contributed by atoms with E-state index in [1.165, 1.54) is 23.7 Å². The number of carbonyl (C=O) groups is 2. The van der Waals surface area contributed by atoms with E-state index in [-0.39, 0.29) is 23.1 Å². The second kappa shape index (κ2) is 8.58. The van der Waals surface area contributed by atoms with E-state index in [1.807, 2.05) is 0 Å². The predicted molar refractivity (Wildman–Crippen MR) is 101 cm³/mol. The highest BCUT2D eigenvalue weighted by Gasteiger charge is 2.25. The zero-order valence-electron chi connectivity index (χ0n) is 14.8. The van der Waals surface area contributed by atoms with E-state index in [4.69, 9.17) is 5.21 Å². The molecule has 1 fully saturated rings. The summed E-state index contributed by atoms with van der Waals surface area (Å²) < 4.78 is 26.9. The van der Waals surface area contributed by atoms with Gasteiger partial charge in [-0.3, -0.25) is 14.8 Å². The number of halogens is 2. The van der Waals surface area contributed by atoms with Crippen LogP contribution in [0.3, 0.4) is 0 Å². The second-order valence-electron chi connectivity index (χ2n) is 6.41. The first-order chi connectivity index (χ1) is 13.5. The van der Waals surface area contributed by atoms with E-state index < -0.39 is 17.5 Å². The van der Waals surface area contributed by atoms with E-state index >= 15 is 0 Å². The van der Waals surface area contributed by atoms with E-state index in [9.17, 15) is 18.4 Å². The van der Waals surface area contributed by atoms with Gasteiger partial charge in [0.15, 0.2) is 11.6 Å². The maximum Gasteiger partial charge on any atom is 0.267 e. The molecule has 2 amide bonds. The van der Waals surface area contributed by atoms with Gasteiger partial charge in [0.05, 0.1) is 0 Å². The lowest BCUT2D eigenvalue weighted by Gasteiger charge is -2.10. The van der Waals surface area contributed by atoms with Crippen LogP contribution in [0.15, 0.2) is 48.5 Å². The van der Waals surface area contributed by atoms with E-state index in [0.717, 1.165) is 25.0 Å². The highest BCUT2D eigenvalue weighted by molar-refractivity contribution is 6.24. The fourth-order valence-corrected chi connectivity index (χ4v) is 2.51. The zero-order chi connectivity index (χ0) is 20.1. The summed E-state index contributed by atoms with van der Waals surface area (Å²) >= 11 is 0. The lowest BCUT2D eigenvalue weighted by atomic mass is 10.0. The summed E-state index contributed by atoms with van der Waals surface area (Å²) in [5.41, 5.74) is 3.39. The summed E-state index contributed by atoms with van der Waals surface area (Å²) in [6.45, 7) is 0. The van der Waals surface area contributed by atoms with Gasteiger partial charge < -0.3 is 5.32 Å². The summed E-state index contributed by atoms with van der Waals surface area (Å²) in [5, 5.41) is 11.3. The Labute approximate surface area is 160 Å². The summed E-state index contributed by atoms with van der Waals surface area (Å²) in [6.07, 6.45) is 6.08. The van der Waals surface area contributed by atoms with Crippen molar-refractivity contribution in [3.8, 4) is 0 Å². The van der Waals surface area contributed by atoms with Gasteiger partial charge in [-0.05, 0) is 53.8 Å². The molecule has 144 valence electrons. The molecule has 0 bridgehead atoms. The standard InChI is InChI=1S/C21H18F2N2O3/c22-18-9-6-15(12-19(18)23)17(21(27)24-16-7-8-16)11-14-3-1-13(2-4-14)5-10-20(26)25-28/h1-6,9-12,16,28H,7-8H2,(H,24,27)(H,25,26). The number of nitrogens with one attached hydrogen (secondary N) is 2. The molecule has 0 saturated heterocycles. The van der Waals surface area contributed by atoms with Crippen molar-refractivity contribution in [1.29, 1.82) is 0 Å². The number of rotatable bonds is 6. The SMILES string of the molecule is O=C(C=Cc1ccc(C=C(C(=O)NC2CC2)c2ccc(F)c(F)c2)cc1)NO. The fraction of sp³-hybridized carbons (Fsp3) is 0.143. The zero-order valence-corrected chi connectivity index (χ0v) is 14.8. The minimum Gasteiger partial charge on any atom is -0.349 e.